The van der Waals surface area contributed by atoms with Crippen LogP contribution in [0.25, 0.3) is 44.4 Å². The van der Waals surface area contributed by atoms with Crippen LogP contribution in [0.4, 0.5) is 5.69 Å². The number of nitrogens with one attached hydrogen (secondary N) is 2. The molecule has 0 amide bonds. The number of rotatable bonds is 29. The van der Waals surface area contributed by atoms with Crippen LogP contribution in [0.3, 0.4) is 0 Å². The molecule has 12 nitrogen and oxygen atoms in total. The number of aryl methyl sites for hydroxylation is 1. The average molecular weight is 1430 g/mol. The highest BCUT2D eigenvalue weighted by molar-refractivity contribution is 6.02. The Hall–Kier alpha value is -9.34. The predicted molar refractivity (Wildman–Crippen MR) is 442 cm³/mol. The molecule has 10 aromatic rings. The quantitative estimate of drug-likeness (QED) is 0.0223. The first-order valence-electron chi connectivity index (χ1n) is 39.4. The number of anilines is 1. The van der Waals surface area contributed by atoms with Crippen LogP contribution in [0, 0.1) is 12.3 Å². The summed E-state index contributed by atoms with van der Waals surface area (Å²) in [5.74, 6) is 2.44. The van der Waals surface area contributed by atoms with Crippen LogP contribution in [0.1, 0.15) is 151 Å². The number of hydrogen-bond acceptors (Lipinski definition) is 12. The second kappa shape index (κ2) is 40.0. The minimum atomic E-state index is 0.143. The summed E-state index contributed by atoms with van der Waals surface area (Å²) in [6.45, 7) is 16.6. The SMILES string of the molecule is Cc1ccc(/C(=C(\CCCO)c2ccccc2)c2ccc3cc(CCN4CCNCC4)oc3c2)cc1.OCCC/C(=C(\c1ccc(O)cc1)c1ccc(NCCN2CCCCC2)cc1)c1ccccc1.OCCC/C(=C(\c1ccc(O)cc1)c1ccc(OCCN2CCC3(CCCC3)C2)cc1)c1ccccc1. The van der Waals surface area contributed by atoms with Crippen molar-refractivity contribution in [1.82, 2.24) is 20.0 Å². The molecule has 4 fully saturated rings. The Labute approximate surface area is 635 Å². The Kier molecular flexibility index (Phi) is 28.9. The summed E-state index contributed by atoms with van der Waals surface area (Å²) >= 11 is 0. The van der Waals surface area contributed by atoms with Gasteiger partial charge in [0.25, 0.3) is 0 Å². The molecule has 0 radical (unpaired) electrons. The first kappa shape index (κ1) is 77.3. The van der Waals surface area contributed by atoms with Gasteiger partial charge in [-0.25, -0.2) is 0 Å². The van der Waals surface area contributed by atoms with Crippen molar-refractivity contribution in [2.24, 2.45) is 5.41 Å². The number of nitrogens with zero attached hydrogens (tertiary/aromatic N) is 3. The molecule has 4 aliphatic rings. The molecule has 3 aliphatic heterocycles. The molecule has 9 aromatic carbocycles. The van der Waals surface area contributed by atoms with Crippen molar-refractivity contribution in [2.45, 2.75) is 103 Å². The maximum Gasteiger partial charge on any atom is 0.134 e. The van der Waals surface area contributed by atoms with E-state index >= 15 is 0 Å². The number of hydrogen-bond donors (Lipinski definition) is 7. The smallest absolute Gasteiger partial charge is 0.134 e. The molecule has 12 heteroatoms. The van der Waals surface area contributed by atoms with Crippen LogP contribution < -0.4 is 15.4 Å². The monoisotopic (exact) mass is 1430 g/mol. The van der Waals surface area contributed by atoms with Gasteiger partial charge in [0, 0.05) is 96.2 Å². The van der Waals surface area contributed by atoms with Crippen molar-refractivity contribution in [3.05, 3.63) is 298 Å². The summed E-state index contributed by atoms with van der Waals surface area (Å²) in [7, 11) is 0. The summed E-state index contributed by atoms with van der Waals surface area (Å²) in [6, 6.07) is 80.7. The highest BCUT2D eigenvalue weighted by Gasteiger charge is 2.40. The summed E-state index contributed by atoms with van der Waals surface area (Å²) in [4.78, 5) is 7.63. The molecule has 558 valence electrons. The van der Waals surface area contributed by atoms with E-state index in [1.54, 1.807) is 24.3 Å². The Bertz CT molecular complexity index is 4400. The number of piperidine rings is 1. The molecular weight excluding hydrogens is 1320 g/mol. The molecular formula is C95H111N5O7. The van der Waals surface area contributed by atoms with Crippen molar-refractivity contribution in [3.63, 3.8) is 0 Å². The second-order valence-corrected chi connectivity index (χ2v) is 29.4. The number of fused-ring (bicyclic) bond motifs is 1. The number of aliphatic hydroxyl groups excluding tert-OH is 3. The van der Waals surface area contributed by atoms with Gasteiger partial charge in [-0.15, -0.1) is 0 Å². The zero-order chi connectivity index (χ0) is 73.8. The van der Waals surface area contributed by atoms with Gasteiger partial charge in [-0.3, -0.25) is 4.90 Å². The van der Waals surface area contributed by atoms with Crippen molar-refractivity contribution >= 4 is 50.1 Å². The minimum absolute atomic E-state index is 0.143. The number of ether oxygens (including phenoxy) is 1. The van der Waals surface area contributed by atoms with Crippen LogP contribution >= 0.6 is 0 Å². The van der Waals surface area contributed by atoms with Crippen molar-refractivity contribution in [1.29, 1.82) is 0 Å². The Morgan fingerprint density at radius 2 is 0.897 bits per heavy atom. The number of aromatic hydroxyl groups is 2. The number of benzene rings is 9. The van der Waals surface area contributed by atoms with E-state index in [-0.39, 0.29) is 31.3 Å². The van der Waals surface area contributed by atoms with Crippen LogP contribution in [0.5, 0.6) is 17.2 Å². The van der Waals surface area contributed by atoms with Crippen LogP contribution in [0.15, 0.2) is 241 Å². The molecule has 1 saturated carbocycles. The molecule has 7 N–H and O–H groups in total. The van der Waals surface area contributed by atoms with Gasteiger partial charge in [-0.1, -0.05) is 201 Å². The highest BCUT2D eigenvalue weighted by atomic mass is 16.5. The lowest BCUT2D eigenvalue weighted by Crippen LogP contribution is -2.44. The van der Waals surface area contributed by atoms with Crippen molar-refractivity contribution in [3.8, 4) is 17.2 Å². The van der Waals surface area contributed by atoms with Gasteiger partial charge in [-0.2, -0.15) is 0 Å². The van der Waals surface area contributed by atoms with Crippen molar-refractivity contribution in [2.75, 3.05) is 110 Å². The van der Waals surface area contributed by atoms with E-state index in [4.69, 9.17) is 9.15 Å². The normalized spacial score (nSPS) is 16.1. The molecule has 1 spiro atoms. The number of phenolic OH excluding ortho intramolecular Hbond substituents is 2. The molecule has 107 heavy (non-hydrogen) atoms. The van der Waals surface area contributed by atoms with E-state index in [1.807, 2.05) is 36.4 Å². The zero-order valence-corrected chi connectivity index (χ0v) is 62.8. The Morgan fingerprint density at radius 3 is 1.40 bits per heavy atom. The molecule has 0 unspecified atom stereocenters. The highest BCUT2D eigenvalue weighted by Crippen LogP contribution is 2.46. The van der Waals surface area contributed by atoms with Gasteiger partial charge in [0.05, 0.1) is 0 Å². The summed E-state index contributed by atoms with van der Waals surface area (Å²) < 4.78 is 12.5. The molecule has 3 saturated heterocycles. The second-order valence-electron chi connectivity index (χ2n) is 29.4. The zero-order valence-electron chi connectivity index (χ0n) is 62.8. The van der Waals surface area contributed by atoms with E-state index in [0.29, 0.717) is 24.9 Å². The van der Waals surface area contributed by atoms with Crippen molar-refractivity contribution < 1.29 is 34.7 Å². The van der Waals surface area contributed by atoms with Crippen LogP contribution in [-0.2, 0) is 6.42 Å². The van der Waals surface area contributed by atoms with E-state index in [9.17, 15) is 25.5 Å². The standard InChI is InChI=1S/C33H39NO3.C32H36N2O2.C30H36N2O2/c35-23-6-9-31(26-7-2-1-3-8-26)32(27-10-14-29(36)15-11-27)28-12-16-30(17-13-28)37-24-22-34-21-20-33(25-34)18-4-5-19-33;1-24-9-11-26(12-10-24)32(30(8-5-21-35)25-6-3-2-4-7-25)28-14-13-27-22-29(36-31(27)23-28)15-18-34-19-16-33-17-20-34;33-23-7-10-29(24-8-3-1-4-9-24)30(26-13-17-28(34)18-14-26)25-11-15-27(16-12-25)31-19-22-32-20-5-2-6-21-32/h1-3,7-8,10-17,35-36H,4-6,9,18-25H2;2-4,6-7,9-14,22-23,33,35H,5,8,15-21H2,1H3;1,3-4,8-9,11-18,31,33-34H,2,5-7,10,19-23H2/b32-31-;32-30-;30-29+. The van der Waals surface area contributed by atoms with Gasteiger partial charge < -0.3 is 55.1 Å². The van der Waals surface area contributed by atoms with Gasteiger partial charge in [0.2, 0.25) is 0 Å². The van der Waals surface area contributed by atoms with Gasteiger partial charge in [0.1, 0.15) is 35.2 Å². The fraction of sp³-hybridized carbons (Fsp3) is 0.347. The van der Waals surface area contributed by atoms with E-state index in [2.05, 4.69) is 208 Å². The molecule has 0 atom stereocenters. The third-order valence-corrected chi connectivity index (χ3v) is 21.8. The topological polar surface area (TPSA) is 157 Å². The predicted octanol–water partition coefficient (Wildman–Crippen LogP) is 18.7. The van der Waals surface area contributed by atoms with E-state index in [1.165, 1.54) is 117 Å². The lowest BCUT2D eigenvalue weighted by molar-refractivity contribution is 0.213. The maximum absolute atomic E-state index is 9.89. The number of phenols is 2. The summed E-state index contributed by atoms with van der Waals surface area (Å²) in [5.41, 5.74) is 21.1. The largest absolute Gasteiger partial charge is 0.508 e. The minimum Gasteiger partial charge on any atom is -0.508 e. The molecule has 14 rings (SSSR count). The number of likely N-dealkylation sites (tertiary alicyclic amines) is 2. The average Bonchev–Trinajstić information content (AvgIpc) is 1.79. The fourth-order valence-electron chi connectivity index (χ4n) is 16.1. The van der Waals surface area contributed by atoms with Gasteiger partial charge in [0.15, 0.2) is 0 Å². The third-order valence-electron chi connectivity index (χ3n) is 21.8. The van der Waals surface area contributed by atoms with Crippen LogP contribution in [-0.4, -0.2) is 145 Å². The first-order chi connectivity index (χ1) is 52.6. The first-order valence-corrected chi connectivity index (χ1v) is 39.4. The summed E-state index contributed by atoms with van der Waals surface area (Å²) in [6.07, 6.45) is 16.4. The third kappa shape index (κ3) is 21.9. The van der Waals surface area contributed by atoms with Crippen LogP contribution in [0.2, 0.25) is 0 Å². The molecule has 4 heterocycles. The van der Waals surface area contributed by atoms with E-state index < -0.39 is 0 Å². The number of piperazine rings is 1. The lowest BCUT2D eigenvalue weighted by atomic mass is 9.86. The molecule has 1 aliphatic carbocycles. The number of furan rings is 1. The van der Waals surface area contributed by atoms with Gasteiger partial charge >= 0.3 is 0 Å². The molecule has 1 aromatic heterocycles. The number of allylic oxidation sites excluding steroid dienone is 3. The number of aliphatic hydroxyl groups is 3. The maximum atomic E-state index is 9.89. The summed E-state index contributed by atoms with van der Waals surface area (Å²) in [5, 5.41) is 56.7. The van der Waals surface area contributed by atoms with E-state index in [0.717, 1.165) is 163 Å². The Balaban J connectivity index is 0.000000150. The fourth-order valence-corrected chi connectivity index (χ4v) is 16.1. The Morgan fingerprint density at radius 1 is 0.439 bits per heavy atom. The molecule has 0 bridgehead atoms. The lowest BCUT2D eigenvalue weighted by Gasteiger charge is -2.26. The van der Waals surface area contributed by atoms with Gasteiger partial charge in [-0.05, 0) is 247 Å².